The number of nitrogens with zero attached hydrogens (tertiary/aromatic N) is 4. The zero-order valence-electron chi connectivity index (χ0n) is 21.0. The number of carbonyl (C=O) groups is 1. The number of carbonyl (C=O) groups excluding carboxylic acids is 1. The van der Waals surface area contributed by atoms with Crippen molar-refractivity contribution in [2.45, 2.75) is 38.9 Å². The van der Waals surface area contributed by atoms with Gasteiger partial charge in [0.1, 0.15) is 0 Å². The summed E-state index contributed by atoms with van der Waals surface area (Å²) in [6.45, 7) is 5.51. The lowest BCUT2D eigenvalue weighted by atomic mass is 9.96. The molecule has 2 atom stereocenters. The molecule has 4 heterocycles. The second-order valence-corrected chi connectivity index (χ2v) is 9.64. The van der Waals surface area contributed by atoms with Crippen molar-refractivity contribution in [1.82, 2.24) is 24.8 Å². The van der Waals surface area contributed by atoms with Gasteiger partial charge in [0, 0.05) is 55.2 Å². The molecule has 0 unspecified atom stereocenters. The van der Waals surface area contributed by atoms with Gasteiger partial charge in [0.25, 0.3) is 0 Å². The molecule has 3 aromatic heterocycles. The van der Waals surface area contributed by atoms with Crippen molar-refractivity contribution >= 4 is 28.9 Å². The van der Waals surface area contributed by atoms with Gasteiger partial charge < -0.3 is 20.1 Å². The maximum Gasteiger partial charge on any atom is 0.226 e. The molecule has 1 saturated heterocycles. The molecular formula is C29H30N6OS. The van der Waals surface area contributed by atoms with E-state index in [2.05, 4.69) is 56.0 Å². The summed E-state index contributed by atoms with van der Waals surface area (Å²) in [6, 6.07) is 21.5. The zero-order valence-corrected chi connectivity index (χ0v) is 21.8. The predicted octanol–water partition coefficient (Wildman–Crippen LogP) is 4.94. The van der Waals surface area contributed by atoms with E-state index in [9.17, 15) is 4.79 Å². The van der Waals surface area contributed by atoms with Crippen LogP contribution in [-0.2, 0) is 11.3 Å². The highest BCUT2D eigenvalue weighted by Crippen LogP contribution is 2.41. The SMILES string of the molecule is Cc1cc([C@@H]2[C@H](c3ccccn3)NC(=S)N2CCC(=O)Nc2ccccc2)c(C)n1Cc1cccnc1. The summed E-state index contributed by atoms with van der Waals surface area (Å²) in [5.41, 5.74) is 6.35. The van der Waals surface area contributed by atoms with Crippen LogP contribution in [0.3, 0.4) is 0 Å². The van der Waals surface area contributed by atoms with Gasteiger partial charge in [0.15, 0.2) is 5.11 Å². The van der Waals surface area contributed by atoms with Crippen molar-refractivity contribution in [3.05, 3.63) is 114 Å². The third kappa shape index (κ3) is 5.39. The third-order valence-electron chi connectivity index (χ3n) is 6.83. The van der Waals surface area contributed by atoms with Crippen LogP contribution >= 0.6 is 12.2 Å². The minimum atomic E-state index is -0.127. The lowest BCUT2D eigenvalue weighted by Crippen LogP contribution is -2.32. The summed E-state index contributed by atoms with van der Waals surface area (Å²) in [4.78, 5) is 23.8. The number of nitrogens with one attached hydrogen (secondary N) is 2. The van der Waals surface area contributed by atoms with Crippen LogP contribution in [-0.4, -0.2) is 37.0 Å². The van der Waals surface area contributed by atoms with Crippen molar-refractivity contribution in [3.8, 4) is 0 Å². The molecule has 1 aliphatic rings. The van der Waals surface area contributed by atoms with Gasteiger partial charge in [-0.05, 0) is 73.6 Å². The number of anilines is 1. The average Bonchev–Trinajstić information content (AvgIpc) is 3.39. The van der Waals surface area contributed by atoms with Crippen LogP contribution < -0.4 is 10.6 Å². The van der Waals surface area contributed by atoms with E-state index in [1.165, 1.54) is 5.56 Å². The molecule has 7 nitrogen and oxygen atoms in total. The highest BCUT2D eigenvalue weighted by atomic mass is 32.1. The largest absolute Gasteiger partial charge is 0.352 e. The molecule has 0 saturated carbocycles. The Kier molecular flexibility index (Phi) is 7.28. The fraction of sp³-hybridized carbons (Fsp3) is 0.241. The number of aryl methyl sites for hydroxylation is 1. The molecule has 0 aliphatic carbocycles. The number of para-hydroxylation sites is 1. The van der Waals surface area contributed by atoms with E-state index in [4.69, 9.17) is 12.2 Å². The van der Waals surface area contributed by atoms with Gasteiger partial charge in [0.05, 0.1) is 17.8 Å². The first-order chi connectivity index (χ1) is 18.0. The Bertz CT molecular complexity index is 1370. The van der Waals surface area contributed by atoms with E-state index in [1.54, 1.807) is 12.4 Å². The minimum Gasteiger partial charge on any atom is -0.352 e. The molecule has 4 aromatic rings. The zero-order chi connectivity index (χ0) is 25.8. The monoisotopic (exact) mass is 510 g/mol. The Morgan fingerprint density at radius 3 is 2.59 bits per heavy atom. The lowest BCUT2D eigenvalue weighted by Gasteiger charge is -2.28. The highest BCUT2D eigenvalue weighted by molar-refractivity contribution is 7.80. The summed E-state index contributed by atoms with van der Waals surface area (Å²) in [7, 11) is 0. The predicted molar refractivity (Wildman–Crippen MR) is 149 cm³/mol. The Hall–Kier alpha value is -4.04. The molecule has 2 N–H and O–H groups in total. The fourth-order valence-electron chi connectivity index (χ4n) is 5.00. The van der Waals surface area contributed by atoms with Gasteiger partial charge in [-0.25, -0.2) is 0 Å². The van der Waals surface area contributed by atoms with E-state index in [-0.39, 0.29) is 18.0 Å². The van der Waals surface area contributed by atoms with Crippen molar-refractivity contribution < 1.29 is 4.79 Å². The Morgan fingerprint density at radius 2 is 1.86 bits per heavy atom. The Labute approximate surface area is 222 Å². The second kappa shape index (κ2) is 10.9. The lowest BCUT2D eigenvalue weighted by molar-refractivity contribution is -0.116. The molecule has 0 bridgehead atoms. The third-order valence-corrected chi connectivity index (χ3v) is 7.18. The number of hydrogen-bond donors (Lipinski definition) is 2. The average molecular weight is 511 g/mol. The minimum absolute atomic E-state index is 0.0453. The molecular weight excluding hydrogens is 480 g/mol. The number of amides is 1. The normalized spacial score (nSPS) is 17.0. The topological polar surface area (TPSA) is 75.1 Å². The molecule has 1 fully saturated rings. The molecule has 188 valence electrons. The Morgan fingerprint density at radius 1 is 1.05 bits per heavy atom. The van der Waals surface area contributed by atoms with Crippen molar-refractivity contribution in [3.63, 3.8) is 0 Å². The summed E-state index contributed by atoms with van der Waals surface area (Å²) >= 11 is 5.80. The first-order valence-corrected chi connectivity index (χ1v) is 12.8. The quantitative estimate of drug-likeness (QED) is 0.327. The number of pyridine rings is 2. The van der Waals surface area contributed by atoms with Crippen molar-refractivity contribution in [1.29, 1.82) is 0 Å². The summed E-state index contributed by atoms with van der Waals surface area (Å²) in [5, 5.41) is 7.10. The smallest absolute Gasteiger partial charge is 0.226 e. The van der Waals surface area contributed by atoms with E-state index >= 15 is 0 Å². The molecule has 1 aromatic carbocycles. The van der Waals surface area contributed by atoms with E-state index in [0.717, 1.165) is 34.9 Å². The number of thiocarbonyl (C=S) groups is 1. The van der Waals surface area contributed by atoms with Crippen LogP contribution in [0.4, 0.5) is 5.69 Å². The first kappa shape index (κ1) is 24.6. The summed E-state index contributed by atoms with van der Waals surface area (Å²) < 4.78 is 2.31. The van der Waals surface area contributed by atoms with Gasteiger partial charge in [-0.3, -0.25) is 14.8 Å². The van der Waals surface area contributed by atoms with Crippen LogP contribution in [0.25, 0.3) is 0 Å². The van der Waals surface area contributed by atoms with E-state index < -0.39 is 0 Å². The standard InChI is InChI=1S/C29H30N6OS/c1-20-17-24(21(2)35(20)19-22-9-8-14-30-18-22)28-27(25-12-6-7-15-31-25)33-29(37)34(28)16-13-26(36)32-23-10-4-3-5-11-23/h3-12,14-15,17-18,27-28H,13,16,19H2,1-2H3,(H,32,36)(H,33,37)/t27-,28+/m0/s1. The summed E-state index contributed by atoms with van der Waals surface area (Å²) in [5.74, 6) is -0.0453. The number of benzene rings is 1. The molecule has 5 rings (SSSR count). The number of hydrogen-bond acceptors (Lipinski definition) is 4. The molecule has 1 aliphatic heterocycles. The van der Waals surface area contributed by atoms with Gasteiger partial charge in [-0.1, -0.05) is 30.3 Å². The fourth-order valence-corrected chi connectivity index (χ4v) is 5.33. The van der Waals surface area contributed by atoms with E-state index in [0.29, 0.717) is 18.1 Å². The molecule has 8 heteroatoms. The van der Waals surface area contributed by atoms with Gasteiger partial charge in [0.2, 0.25) is 5.91 Å². The van der Waals surface area contributed by atoms with Crippen LogP contribution in [0.5, 0.6) is 0 Å². The summed E-state index contributed by atoms with van der Waals surface area (Å²) in [6.07, 6.45) is 5.81. The number of aromatic nitrogens is 3. The maximum absolute atomic E-state index is 12.8. The van der Waals surface area contributed by atoms with Gasteiger partial charge >= 0.3 is 0 Å². The van der Waals surface area contributed by atoms with Crippen LogP contribution in [0.15, 0.2) is 85.3 Å². The maximum atomic E-state index is 12.8. The van der Waals surface area contributed by atoms with Crippen molar-refractivity contribution in [2.75, 3.05) is 11.9 Å². The van der Waals surface area contributed by atoms with Gasteiger partial charge in [-0.15, -0.1) is 0 Å². The van der Waals surface area contributed by atoms with E-state index in [1.807, 2.05) is 60.8 Å². The van der Waals surface area contributed by atoms with Crippen LogP contribution in [0.2, 0.25) is 0 Å². The number of rotatable bonds is 8. The van der Waals surface area contributed by atoms with Crippen LogP contribution in [0, 0.1) is 13.8 Å². The Balaban J connectivity index is 1.44. The molecule has 37 heavy (non-hydrogen) atoms. The highest BCUT2D eigenvalue weighted by Gasteiger charge is 2.41. The second-order valence-electron chi connectivity index (χ2n) is 9.26. The first-order valence-electron chi connectivity index (χ1n) is 12.4. The van der Waals surface area contributed by atoms with Crippen LogP contribution in [0.1, 0.15) is 46.7 Å². The molecule has 0 spiro atoms. The van der Waals surface area contributed by atoms with Crippen molar-refractivity contribution in [2.24, 2.45) is 0 Å². The molecule has 0 radical (unpaired) electrons. The van der Waals surface area contributed by atoms with Gasteiger partial charge in [-0.2, -0.15) is 0 Å². The molecule has 1 amide bonds.